The summed E-state index contributed by atoms with van der Waals surface area (Å²) >= 11 is 0. The predicted molar refractivity (Wildman–Crippen MR) is 104 cm³/mol. The van der Waals surface area contributed by atoms with E-state index in [0.29, 0.717) is 30.9 Å². The number of ether oxygens (including phenoxy) is 2. The molecule has 0 bridgehead atoms. The summed E-state index contributed by atoms with van der Waals surface area (Å²) in [6, 6.07) is 11.7. The number of amides is 1. The number of carbonyl (C=O) groups is 1. The van der Waals surface area contributed by atoms with Crippen molar-refractivity contribution >= 4 is 5.91 Å². The molecular weight excluding hydrogens is 359 g/mol. The quantitative estimate of drug-likeness (QED) is 0.723. The highest BCUT2D eigenvalue weighted by atomic mass is 19.1. The Bertz CT molecular complexity index is 878. The van der Waals surface area contributed by atoms with Crippen LogP contribution in [-0.2, 0) is 11.3 Å². The van der Waals surface area contributed by atoms with Crippen LogP contribution in [0.4, 0.5) is 4.39 Å². The zero-order valence-electron chi connectivity index (χ0n) is 15.7. The van der Waals surface area contributed by atoms with Gasteiger partial charge in [-0.1, -0.05) is 24.1 Å². The van der Waals surface area contributed by atoms with Crippen LogP contribution in [0, 0.1) is 18.2 Å². The van der Waals surface area contributed by atoms with Crippen LogP contribution in [0.15, 0.2) is 42.5 Å². The molecule has 0 saturated carbocycles. The van der Waals surface area contributed by atoms with Crippen LogP contribution >= 0.6 is 0 Å². The number of hydrogen-bond acceptors (Lipinski definition) is 4. The van der Waals surface area contributed by atoms with E-state index in [-0.39, 0.29) is 30.4 Å². The summed E-state index contributed by atoms with van der Waals surface area (Å²) in [4.78, 5) is 11.9. The lowest BCUT2D eigenvalue weighted by Gasteiger charge is -2.33. The third-order valence-corrected chi connectivity index (χ3v) is 4.72. The van der Waals surface area contributed by atoms with Crippen LogP contribution in [0.1, 0.15) is 30.0 Å². The molecule has 1 saturated heterocycles. The van der Waals surface area contributed by atoms with Gasteiger partial charge in [0.1, 0.15) is 12.4 Å². The van der Waals surface area contributed by atoms with Gasteiger partial charge in [-0.25, -0.2) is 4.39 Å². The number of terminal acetylenes is 1. The molecular formula is C22H23FN2O3. The molecule has 1 aliphatic rings. The maximum atomic E-state index is 13.6. The van der Waals surface area contributed by atoms with Gasteiger partial charge in [-0.3, -0.25) is 4.79 Å². The van der Waals surface area contributed by atoms with Gasteiger partial charge >= 0.3 is 0 Å². The predicted octanol–water partition coefficient (Wildman–Crippen LogP) is 2.96. The van der Waals surface area contributed by atoms with E-state index in [2.05, 4.69) is 16.6 Å². The van der Waals surface area contributed by atoms with Gasteiger partial charge in [0.2, 0.25) is 5.91 Å². The number of rotatable bonds is 7. The number of benzene rings is 2. The van der Waals surface area contributed by atoms with Crippen molar-refractivity contribution in [3.05, 3.63) is 59.4 Å². The number of nitrogens with one attached hydrogen (secondary N) is 2. The largest absolute Gasteiger partial charge is 0.493 e. The summed E-state index contributed by atoms with van der Waals surface area (Å²) in [5.74, 6) is 3.28. The standard InChI is InChI=1S/C22H23FN2O3/c1-3-11-28-19-9-7-15(12-20(19)27-2)14-24-18-8-10-21(26)25-22(18)16-5-4-6-17(23)13-16/h1,4-7,9,12-13,18,22,24H,8,10-11,14H2,2H3,(H,25,26)/t18-,22+/m1/s1. The maximum Gasteiger partial charge on any atom is 0.220 e. The molecule has 2 aromatic carbocycles. The Balaban J connectivity index is 1.71. The average Bonchev–Trinajstić information content (AvgIpc) is 2.71. The third-order valence-electron chi connectivity index (χ3n) is 4.72. The lowest BCUT2D eigenvalue weighted by atomic mass is 9.91. The third kappa shape index (κ3) is 4.81. The van der Waals surface area contributed by atoms with Crippen molar-refractivity contribution in [3.63, 3.8) is 0 Å². The van der Waals surface area contributed by atoms with Gasteiger partial charge < -0.3 is 20.1 Å². The summed E-state index contributed by atoms with van der Waals surface area (Å²) in [7, 11) is 1.58. The Morgan fingerprint density at radius 3 is 2.89 bits per heavy atom. The first-order chi connectivity index (χ1) is 13.6. The van der Waals surface area contributed by atoms with Gasteiger partial charge in [-0.05, 0) is 41.8 Å². The lowest BCUT2D eigenvalue weighted by molar-refractivity contribution is -0.123. The van der Waals surface area contributed by atoms with Gasteiger partial charge in [0.15, 0.2) is 11.5 Å². The summed E-state index contributed by atoms with van der Waals surface area (Å²) in [6.45, 7) is 0.739. The van der Waals surface area contributed by atoms with E-state index in [1.165, 1.54) is 12.1 Å². The number of carbonyl (C=O) groups excluding carboxylic acids is 1. The second-order valence-corrected chi connectivity index (χ2v) is 6.60. The summed E-state index contributed by atoms with van der Waals surface area (Å²) in [5, 5.41) is 6.44. The zero-order valence-corrected chi connectivity index (χ0v) is 15.7. The normalized spacial score (nSPS) is 18.8. The molecule has 1 amide bonds. The molecule has 1 heterocycles. The van der Waals surface area contributed by atoms with Gasteiger partial charge in [0.05, 0.1) is 13.2 Å². The SMILES string of the molecule is C#CCOc1ccc(CN[C@@H]2CCC(=O)N[C@H]2c2cccc(F)c2)cc1OC. The van der Waals surface area contributed by atoms with Gasteiger partial charge in [-0.2, -0.15) is 0 Å². The van der Waals surface area contributed by atoms with E-state index >= 15 is 0 Å². The topological polar surface area (TPSA) is 59.6 Å². The Labute approximate surface area is 164 Å². The lowest BCUT2D eigenvalue weighted by Crippen LogP contribution is -2.48. The molecule has 146 valence electrons. The van der Waals surface area contributed by atoms with Crippen molar-refractivity contribution in [2.45, 2.75) is 31.5 Å². The maximum absolute atomic E-state index is 13.6. The number of piperidine rings is 1. The smallest absolute Gasteiger partial charge is 0.220 e. The van der Waals surface area contributed by atoms with E-state index in [1.807, 2.05) is 24.3 Å². The summed E-state index contributed by atoms with van der Waals surface area (Å²) in [5.41, 5.74) is 1.75. The number of methoxy groups -OCH3 is 1. The minimum atomic E-state index is -0.316. The van der Waals surface area contributed by atoms with Crippen molar-refractivity contribution < 1.29 is 18.7 Å². The zero-order chi connectivity index (χ0) is 19.9. The van der Waals surface area contributed by atoms with Crippen LogP contribution in [0.2, 0.25) is 0 Å². The second-order valence-electron chi connectivity index (χ2n) is 6.60. The second kappa shape index (κ2) is 9.25. The molecule has 2 N–H and O–H groups in total. The minimum Gasteiger partial charge on any atom is -0.493 e. The number of halogens is 1. The fraction of sp³-hybridized carbons (Fsp3) is 0.318. The first-order valence-electron chi connectivity index (χ1n) is 9.12. The summed E-state index contributed by atoms with van der Waals surface area (Å²) in [6.07, 6.45) is 6.34. The minimum absolute atomic E-state index is 0.0112. The Morgan fingerprint density at radius 1 is 1.29 bits per heavy atom. The molecule has 2 aromatic rings. The molecule has 0 unspecified atom stereocenters. The van der Waals surface area contributed by atoms with Crippen molar-refractivity contribution in [2.75, 3.05) is 13.7 Å². The van der Waals surface area contributed by atoms with Crippen molar-refractivity contribution in [1.82, 2.24) is 10.6 Å². The van der Waals surface area contributed by atoms with E-state index in [0.717, 1.165) is 11.1 Å². The van der Waals surface area contributed by atoms with Gasteiger partial charge in [0, 0.05) is 19.0 Å². The van der Waals surface area contributed by atoms with Crippen LogP contribution in [-0.4, -0.2) is 25.7 Å². The monoisotopic (exact) mass is 382 g/mol. The molecule has 3 rings (SSSR count). The highest BCUT2D eigenvalue weighted by Gasteiger charge is 2.29. The van der Waals surface area contributed by atoms with Crippen LogP contribution in [0.5, 0.6) is 11.5 Å². The molecule has 6 heteroatoms. The van der Waals surface area contributed by atoms with Gasteiger partial charge in [-0.15, -0.1) is 6.42 Å². The average molecular weight is 382 g/mol. The number of hydrogen-bond donors (Lipinski definition) is 2. The molecule has 5 nitrogen and oxygen atoms in total. The highest BCUT2D eigenvalue weighted by Crippen LogP contribution is 2.29. The molecule has 1 fully saturated rings. The van der Waals surface area contributed by atoms with Crippen molar-refractivity contribution in [3.8, 4) is 23.8 Å². The molecule has 1 aliphatic heterocycles. The van der Waals surface area contributed by atoms with E-state index in [1.54, 1.807) is 13.2 Å². The molecule has 0 spiro atoms. The molecule has 0 radical (unpaired) electrons. The first-order valence-corrected chi connectivity index (χ1v) is 9.12. The highest BCUT2D eigenvalue weighted by molar-refractivity contribution is 5.77. The molecule has 0 aliphatic carbocycles. The fourth-order valence-corrected chi connectivity index (χ4v) is 3.34. The molecule has 2 atom stereocenters. The van der Waals surface area contributed by atoms with E-state index in [4.69, 9.17) is 15.9 Å². The Kier molecular flexibility index (Phi) is 6.51. The Hall–Kier alpha value is -3.04. The fourth-order valence-electron chi connectivity index (χ4n) is 3.34. The van der Waals surface area contributed by atoms with Crippen LogP contribution in [0.25, 0.3) is 0 Å². The van der Waals surface area contributed by atoms with E-state index < -0.39 is 0 Å². The Morgan fingerprint density at radius 2 is 2.14 bits per heavy atom. The van der Waals surface area contributed by atoms with Crippen molar-refractivity contribution in [2.24, 2.45) is 0 Å². The van der Waals surface area contributed by atoms with Crippen LogP contribution < -0.4 is 20.1 Å². The van der Waals surface area contributed by atoms with E-state index in [9.17, 15) is 9.18 Å². The van der Waals surface area contributed by atoms with Crippen molar-refractivity contribution in [1.29, 1.82) is 0 Å². The summed E-state index contributed by atoms with van der Waals surface area (Å²) < 4.78 is 24.5. The molecule has 28 heavy (non-hydrogen) atoms. The van der Waals surface area contributed by atoms with Crippen LogP contribution in [0.3, 0.4) is 0 Å². The first kappa shape index (κ1) is 19.7. The molecule has 0 aromatic heterocycles. The van der Waals surface area contributed by atoms with Gasteiger partial charge in [0.25, 0.3) is 0 Å².